The van der Waals surface area contributed by atoms with Crippen LogP contribution in [0.3, 0.4) is 0 Å². The molecule has 8 heteroatoms. The fraction of sp³-hybridized carbons (Fsp3) is 0.538. The van der Waals surface area contributed by atoms with Gasteiger partial charge in [-0.1, -0.05) is 0 Å². The first-order valence-corrected chi connectivity index (χ1v) is 9.86. The van der Waals surface area contributed by atoms with Crippen molar-refractivity contribution in [1.29, 1.82) is 0 Å². The lowest BCUT2D eigenvalue weighted by Crippen LogP contribution is -2.31. The molecule has 0 unspecified atom stereocenters. The van der Waals surface area contributed by atoms with Crippen LogP contribution < -0.4 is 4.72 Å². The minimum absolute atomic E-state index is 0.122. The number of benzene rings is 1. The Bertz CT molecular complexity index is 725. The van der Waals surface area contributed by atoms with E-state index in [-0.39, 0.29) is 15.5 Å². The Hall–Kier alpha value is -0.960. The van der Waals surface area contributed by atoms with E-state index in [1.54, 1.807) is 0 Å². The first-order chi connectivity index (χ1) is 9.72. The van der Waals surface area contributed by atoms with Crippen molar-refractivity contribution in [3.8, 4) is 0 Å². The lowest BCUT2D eigenvalue weighted by Gasteiger charge is -2.17. The Kier molecular flexibility index (Phi) is 4.72. The zero-order valence-electron chi connectivity index (χ0n) is 12.2. The second-order valence-corrected chi connectivity index (χ2v) is 9.24. The van der Waals surface area contributed by atoms with Crippen LogP contribution in [0, 0.1) is 0 Å². The van der Waals surface area contributed by atoms with Crippen molar-refractivity contribution in [2.75, 3.05) is 32.9 Å². The number of likely N-dealkylation sites (N-methyl/N-ethyl adjacent to an activating group) is 1. The zero-order valence-corrected chi connectivity index (χ0v) is 13.8. The summed E-state index contributed by atoms with van der Waals surface area (Å²) in [6, 6.07) is 4.24. The van der Waals surface area contributed by atoms with Gasteiger partial charge < -0.3 is 4.90 Å². The number of hydrogen-bond donors (Lipinski definition) is 1. The molecule has 21 heavy (non-hydrogen) atoms. The van der Waals surface area contributed by atoms with E-state index in [1.807, 2.05) is 19.0 Å². The van der Waals surface area contributed by atoms with Crippen molar-refractivity contribution in [2.45, 2.75) is 22.6 Å². The minimum Gasteiger partial charge on any atom is -0.308 e. The Balaban J connectivity index is 2.26. The third-order valence-corrected chi connectivity index (χ3v) is 6.74. The molecule has 0 fully saturated rings. The summed E-state index contributed by atoms with van der Waals surface area (Å²) < 4.78 is 50.7. The van der Waals surface area contributed by atoms with Gasteiger partial charge in [0, 0.05) is 13.1 Å². The topological polar surface area (TPSA) is 83.6 Å². The van der Waals surface area contributed by atoms with E-state index in [9.17, 15) is 16.8 Å². The van der Waals surface area contributed by atoms with Crippen LogP contribution in [0.4, 0.5) is 0 Å². The molecule has 0 saturated carbocycles. The number of sulfonamides is 1. The Morgan fingerprint density at radius 3 is 2.67 bits per heavy atom. The highest BCUT2D eigenvalue weighted by molar-refractivity contribution is 7.91. The van der Waals surface area contributed by atoms with Crippen molar-refractivity contribution < 1.29 is 16.8 Å². The molecule has 2 rings (SSSR count). The van der Waals surface area contributed by atoms with E-state index in [4.69, 9.17) is 0 Å². The molecule has 0 bridgehead atoms. The lowest BCUT2D eigenvalue weighted by atomic mass is 10.1. The van der Waals surface area contributed by atoms with E-state index in [0.29, 0.717) is 31.5 Å². The molecular weight excluding hydrogens is 312 g/mol. The maximum absolute atomic E-state index is 12.2. The van der Waals surface area contributed by atoms with Gasteiger partial charge in [0.2, 0.25) is 10.0 Å². The average molecular weight is 332 g/mol. The van der Waals surface area contributed by atoms with E-state index in [1.165, 1.54) is 18.2 Å². The monoisotopic (exact) mass is 332 g/mol. The third kappa shape index (κ3) is 3.82. The van der Waals surface area contributed by atoms with E-state index in [0.717, 1.165) is 0 Å². The molecule has 0 aromatic heterocycles. The minimum atomic E-state index is -3.60. The highest BCUT2D eigenvalue weighted by atomic mass is 32.2. The van der Waals surface area contributed by atoms with Gasteiger partial charge in [-0.25, -0.2) is 21.6 Å². The number of hydrogen-bond acceptors (Lipinski definition) is 5. The van der Waals surface area contributed by atoms with Crippen LogP contribution in [0.5, 0.6) is 0 Å². The summed E-state index contributed by atoms with van der Waals surface area (Å²) in [6.07, 6.45) is 1.13. The molecule has 0 radical (unpaired) electrons. The van der Waals surface area contributed by atoms with Gasteiger partial charge in [-0.05, 0) is 50.7 Å². The number of nitrogens with one attached hydrogen (secondary N) is 1. The van der Waals surface area contributed by atoms with Gasteiger partial charge in [0.1, 0.15) is 0 Å². The lowest BCUT2D eigenvalue weighted by molar-refractivity contribution is 0.412. The number of fused-ring (bicyclic) bond motifs is 1. The molecule has 0 amide bonds. The maximum Gasteiger partial charge on any atom is 0.240 e. The number of sulfone groups is 1. The molecule has 1 aliphatic heterocycles. The van der Waals surface area contributed by atoms with Gasteiger partial charge >= 0.3 is 0 Å². The molecule has 118 valence electrons. The van der Waals surface area contributed by atoms with Crippen LogP contribution in [-0.4, -0.2) is 54.7 Å². The normalized spacial score (nSPS) is 17.7. The summed E-state index contributed by atoms with van der Waals surface area (Å²) in [6.45, 7) is 0.906. The highest BCUT2D eigenvalue weighted by Gasteiger charge is 2.25. The third-order valence-electron chi connectivity index (χ3n) is 3.39. The molecule has 6 nitrogen and oxygen atoms in total. The van der Waals surface area contributed by atoms with Gasteiger partial charge in [0.25, 0.3) is 0 Å². The quantitative estimate of drug-likeness (QED) is 0.835. The summed E-state index contributed by atoms with van der Waals surface area (Å²) in [4.78, 5) is 2.26. The Morgan fingerprint density at radius 2 is 2.00 bits per heavy atom. The number of rotatable bonds is 5. The first kappa shape index (κ1) is 16.4. The largest absolute Gasteiger partial charge is 0.308 e. The number of aryl methyl sites for hydroxylation is 1. The van der Waals surface area contributed by atoms with Gasteiger partial charge in [-0.2, -0.15) is 0 Å². The fourth-order valence-electron chi connectivity index (χ4n) is 2.27. The molecule has 1 aromatic rings. The molecule has 0 atom stereocenters. The van der Waals surface area contributed by atoms with Crippen molar-refractivity contribution in [1.82, 2.24) is 9.62 Å². The van der Waals surface area contributed by atoms with Crippen LogP contribution in [0.2, 0.25) is 0 Å². The van der Waals surface area contributed by atoms with Crippen molar-refractivity contribution >= 4 is 19.9 Å². The summed E-state index contributed by atoms with van der Waals surface area (Å²) in [5.74, 6) is 0.132. The Morgan fingerprint density at radius 1 is 1.29 bits per heavy atom. The second-order valence-electron chi connectivity index (χ2n) is 5.39. The Labute approximate surface area is 126 Å². The molecule has 1 aromatic carbocycles. The second kappa shape index (κ2) is 6.04. The smallest absolute Gasteiger partial charge is 0.240 e. The standard InChI is InChI=1S/C13H20N2O4S2/c1-15(2)8-7-14-21(18,19)12-5-6-13-11(10-12)4-3-9-20(13,16)17/h5-6,10,14H,3-4,7-9H2,1-2H3. The van der Waals surface area contributed by atoms with Crippen molar-refractivity contribution in [3.05, 3.63) is 23.8 Å². The molecule has 1 aliphatic rings. The van der Waals surface area contributed by atoms with Crippen LogP contribution in [0.1, 0.15) is 12.0 Å². The first-order valence-electron chi connectivity index (χ1n) is 6.72. The summed E-state index contributed by atoms with van der Waals surface area (Å²) >= 11 is 0. The molecule has 0 spiro atoms. The van der Waals surface area contributed by atoms with Crippen LogP contribution in [0.25, 0.3) is 0 Å². The van der Waals surface area contributed by atoms with E-state index < -0.39 is 19.9 Å². The maximum atomic E-state index is 12.2. The van der Waals surface area contributed by atoms with Gasteiger partial charge in [-0.3, -0.25) is 0 Å². The predicted octanol–water partition coefficient (Wildman–Crippen LogP) is 0.246. The number of nitrogens with zero attached hydrogens (tertiary/aromatic N) is 1. The van der Waals surface area contributed by atoms with Crippen LogP contribution in [-0.2, 0) is 26.3 Å². The van der Waals surface area contributed by atoms with Crippen molar-refractivity contribution in [2.24, 2.45) is 0 Å². The van der Waals surface area contributed by atoms with Gasteiger partial charge in [0.05, 0.1) is 15.5 Å². The van der Waals surface area contributed by atoms with Gasteiger partial charge in [-0.15, -0.1) is 0 Å². The summed E-state index contributed by atoms with van der Waals surface area (Å²) in [7, 11) is -3.13. The zero-order chi connectivity index (χ0) is 15.7. The summed E-state index contributed by atoms with van der Waals surface area (Å²) in [5, 5.41) is 0. The molecule has 0 aliphatic carbocycles. The van der Waals surface area contributed by atoms with E-state index >= 15 is 0 Å². The molecule has 1 heterocycles. The highest BCUT2D eigenvalue weighted by Crippen LogP contribution is 2.27. The van der Waals surface area contributed by atoms with Gasteiger partial charge in [0.15, 0.2) is 9.84 Å². The van der Waals surface area contributed by atoms with E-state index in [2.05, 4.69) is 4.72 Å². The SMILES string of the molecule is CN(C)CCNS(=O)(=O)c1ccc2c(c1)CCCS2(=O)=O. The van der Waals surface area contributed by atoms with Crippen LogP contribution >= 0.6 is 0 Å². The fourth-order valence-corrected chi connectivity index (χ4v) is 4.92. The molecule has 0 saturated heterocycles. The van der Waals surface area contributed by atoms with Crippen LogP contribution in [0.15, 0.2) is 28.0 Å². The summed E-state index contributed by atoms with van der Waals surface area (Å²) in [5.41, 5.74) is 0.594. The van der Waals surface area contributed by atoms with Crippen molar-refractivity contribution in [3.63, 3.8) is 0 Å². The molecule has 1 N–H and O–H groups in total. The predicted molar refractivity (Wildman–Crippen MR) is 80.6 cm³/mol. The average Bonchev–Trinajstić information content (AvgIpc) is 2.37. The molecular formula is C13H20N2O4S2.